The number of nitrogens with one attached hydrogen (secondary N) is 3. The molecule has 0 spiro atoms. The van der Waals surface area contributed by atoms with Gasteiger partial charge in [0.1, 0.15) is 42.9 Å². The number of nitrogens with zero attached hydrogens (tertiary/aromatic N) is 2. The first-order valence-electron chi connectivity index (χ1n) is 26.8. The number of carbonyl (C=O) groups excluding carboxylic acids is 1. The van der Waals surface area contributed by atoms with Gasteiger partial charge in [-0.15, -0.1) is 0 Å². The fourth-order valence-electron chi connectivity index (χ4n) is 9.96. The van der Waals surface area contributed by atoms with Crippen LogP contribution in [0.5, 0.6) is 12.0 Å². The summed E-state index contributed by atoms with van der Waals surface area (Å²) in [5, 5.41) is 77.6. The van der Waals surface area contributed by atoms with E-state index < -0.39 is 43.1 Å². The van der Waals surface area contributed by atoms with Crippen molar-refractivity contribution in [2.75, 3.05) is 66.1 Å². The van der Waals surface area contributed by atoms with Gasteiger partial charge in [-0.3, -0.25) is 4.79 Å². The number of nitrogens with two attached hydrogens (primary N) is 1. The van der Waals surface area contributed by atoms with Crippen molar-refractivity contribution >= 4 is 51.6 Å². The van der Waals surface area contributed by atoms with Crippen LogP contribution < -0.4 is 20.5 Å². The highest BCUT2D eigenvalue weighted by Gasteiger charge is 2.50. The number of hydrogen-bond donors (Lipinski definition) is 12. The molecule has 0 aliphatic carbocycles. The van der Waals surface area contributed by atoms with Crippen LogP contribution in [0, 0.1) is 0 Å². The lowest BCUT2D eigenvalue weighted by molar-refractivity contribution is 0.00704. The SMILES string of the molecule is NC(CO)(CO)CO.O=Cc1ccc(-c2ccc(-c3cc4nc(O[C@@H]5CO[C@H]6[C@@H]5OC[C@H]6O)[nH]c4cc3Cl)cc2)cc1.OCC(CO)(CO)NCc1ccc(-c2ccc(-c3cc4nc(O[C@@H]5CO[C@H]6[C@@H]5OC[C@H]6O)[nH]c4cc3Cl)cc2)cc1. The predicted octanol–water partition coefficient (Wildman–Crippen LogP) is 4.19. The largest absolute Gasteiger partial charge is 0.456 e. The minimum Gasteiger partial charge on any atom is -0.456 e. The van der Waals surface area contributed by atoms with E-state index in [1.807, 2.05) is 109 Å². The molecule has 438 valence electrons. The number of aliphatic hydroxyl groups is 8. The molecule has 4 aliphatic rings. The lowest BCUT2D eigenvalue weighted by atomic mass is 9.99. The number of ether oxygens (including phenoxy) is 6. The van der Waals surface area contributed by atoms with Gasteiger partial charge in [0.15, 0.2) is 12.2 Å². The van der Waals surface area contributed by atoms with Crippen molar-refractivity contribution in [3.8, 4) is 56.5 Å². The molecule has 13 N–H and O–H groups in total. The number of aromatic nitrogens is 4. The number of aromatic amines is 2. The predicted molar refractivity (Wildman–Crippen MR) is 308 cm³/mol. The highest BCUT2D eigenvalue weighted by molar-refractivity contribution is 6.34. The van der Waals surface area contributed by atoms with Crippen molar-refractivity contribution in [1.82, 2.24) is 25.3 Å². The Labute approximate surface area is 486 Å². The Morgan fingerprint density at radius 1 is 0.542 bits per heavy atom. The number of aldehydes is 1. The maximum absolute atomic E-state index is 10.9. The van der Waals surface area contributed by atoms with Crippen molar-refractivity contribution in [3.63, 3.8) is 0 Å². The van der Waals surface area contributed by atoms with Gasteiger partial charge in [-0.05, 0) is 63.2 Å². The van der Waals surface area contributed by atoms with Crippen LogP contribution in [-0.2, 0) is 25.5 Å². The van der Waals surface area contributed by atoms with Crippen LogP contribution in [0.2, 0.25) is 10.0 Å². The molecular formula is C60H64Cl2N6O15. The topological polar surface area (TPSA) is 330 Å². The minimum atomic E-state index is -1.21. The molecule has 83 heavy (non-hydrogen) atoms. The van der Waals surface area contributed by atoms with Gasteiger partial charge in [-0.2, -0.15) is 9.97 Å². The average Bonchev–Trinajstić information content (AvgIpc) is 4.61. The van der Waals surface area contributed by atoms with Gasteiger partial charge < -0.3 is 90.3 Å². The normalized spacial score (nSPS) is 22.0. The Kier molecular flexibility index (Phi) is 18.9. The summed E-state index contributed by atoms with van der Waals surface area (Å²) in [7, 11) is 0. The van der Waals surface area contributed by atoms with E-state index in [1.165, 1.54) is 0 Å². The van der Waals surface area contributed by atoms with Gasteiger partial charge in [0, 0.05) is 23.2 Å². The number of benzene rings is 6. The first-order valence-corrected chi connectivity index (χ1v) is 27.5. The molecule has 8 aromatic rings. The second-order valence-electron chi connectivity index (χ2n) is 21.0. The summed E-state index contributed by atoms with van der Waals surface area (Å²) in [6.07, 6.45) is -2.51. The molecule has 0 radical (unpaired) electrons. The van der Waals surface area contributed by atoms with Crippen LogP contribution >= 0.6 is 23.2 Å². The van der Waals surface area contributed by atoms with E-state index >= 15 is 0 Å². The quantitative estimate of drug-likeness (QED) is 0.0536. The third-order valence-electron chi connectivity index (χ3n) is 15.2. The van der Waals surface area contributed by atoms with Crippen molar-refractivity contribution in [3.05, 3.63) is 142 Å². The summed E-state index contributed by atoms with van der Waals surface area (Å²) in [5.41, 5.74) is 15.1. The molecule has 0 unspecified atom stereocenters. The fourth-order valence-corrected chi connectivity index (χ4v) is 10.5. The number of H-pyrrole nitrogens is 2. The van der Waals surface area contributed by atoms with Crippen molar-refractivity contribution in [2.24, 2.45) is 5.73 Å². The molecule has 6 aromatic carbocycles. The maximum Gasteiger partial charge on any atom is 0.295 e. The van der Waals surface area contributed by atoms with Gasteiger partial charge in [-0.1, -0.05) is 120 Å². The molecule has 4 saturated heterocycles. The van der Waals surface area contributed by atoms with E-state index in [9.17, 15) is 30.3 Å². The zero-order valence-corrected chi connectivity index (χ0v) is 46.2. The average molecular weight is 1180 g/mol. The Hall–Kier alpha value is -6.45. The van der Waals surface area contributed by atoms with Crippen LogP contribution in [0.4, 0.5) is 0 Å². The van der Waals surface area contributed by atoms with Gasteiger partial charge in [0.25, 0.3) is 12.0 Å². The summed E-state index contributed by atoms with van der Waals surface area (Å²) < 4.78 is 34.5. The second-order valence-corrected chi connectivity index (χ2v) is 21.8. The zero-order chi connectivity index (χ0) is 58.4. The Morgan fingerprint density at radius 3 is 1.29 bits per heavy atom. The number of aliphatic hydroxyl groups excluding tert-OH is 8. The summed E-state index contributed by atoms with van der Waals surface area (Å²) in [5.74, 6) is 0. The molecule has 4 aliphatic heterocycles. The lowest BCUT2D eigenvalue weighted by Crippen LogP contribution is -2.54. The smallest absolute Gasteiger partial charge is 0.295 e. The molecule has 2 aromatic heterocycles. The van der Waals surface area contributed by atoms with Crippen LogP contribution in [-0.4, -0.2) is 193 Å². The van der Waals surface area contributed by atoms with Gasteiger partial charge in [0.05, 0.1) is 109 Å². The van der Waals surface area contributed by atoms with Crippen LogP contribution in [0.15, 0.2) is 121 Å². The summed E-state index contributed by atoms with van der Waals surface area (Å²) in [6.45, 7) is -0.778. The number of hydrogen-bond acceptors (Lipinski definition) is 19. The van der Waals surface area contributed by atoms with Crippen LogP contribution in [0.25, 0.3) is 66.6 Å². The summed E-state index contributed by atoms with van der Waals surface area (Å²) >= 11 is 13.3. The Bertz CT molecular complexity index is 3440. The van der Waals surface area contributed by atoms with Crippen molar-refractivity contribution < 1.29 is 74.1 Å². The summed E-state index contributed by atoms with van der Waals surface area (Å²) in [6, 6.07) is 39.8. The third kappa shape index (κ3) is 13.3. The molecule has 8 atom stereocenters. The molecule has 21 nitrogen and oxygen atoms in total. The van der Waals surface area contributed by atoms with E-state index in [-0.39, 0.29) is 69.7 Å². The Balaban J connectivity index is 0.000000166. The van der Waals surface area contributed by atoms with Crippen LogP contribution in [0.1, 0.15) is 15.9 Å². The highest BCUT2D eigenvalue weighted by atomic mass is 35.5. The van der Waals surface area contributed by atoms with E-state index in [1.54, 1.807) is 12.1 Å². The van der Waals surface area contributed by atoms with E-state index in [0.29, 0.717) is 52.9 Å². The van der Waals surface area contributed by atoms with Crippen molar-refractivity contribution in [2.45, 2.75) is 66.5 Å². The molecule has 0 saturated carbocycles. The standard InChI is InChI=1S/C30H32ClN3O7.C26H21ClN2O5.C4H11NO3/c31-22-10-24-23(33-29(34-24)41-26-13-40-27-25(38)12-39-28(26)27)9-21(22)20-7-5-19(6-8-20)18-3-1-17(2-4-18)11-32-30(14-35,15-36)16-37;27-19-10-21-20(28-26(29-21)34-23-13-33-24-22(31)12-32-25(23)24)9-18(19)17-7-5-16(6-8-17)15-3-1-14(11-30)2-4-15;5-4(1-6,2-7)3-8/h1-10,25-28,32,35-38H,11-16H2,(H,33,34);1-11,22-25,31H,12-13H2,(H,28,29);6-8H,1-3,5H2/t25-,26-,27-,28-;22-,23-,24-,25-;/m11./s1. The number of rotatable bonds is 18. The minimum absolute atomic E-state index is 0.235. The number of imidazole rings is 2. The van der Waals surface area contributed by atoms with Crippen molar-refractivity contribution in [1.29, 1.82) is 0 Å². The third-order valence-corrected chi connectivity index (χ3v) is 15.8. The fraction of sp³-hybridized carbons (Fsp3) is 0.350. The molecule has 0 bridgehead atoms. The lowest BCUT2D eigenvalue weighted by Gasteiger charge is -2.28. The van der Waals surface area contributed by atoms with E-state index in [2.05, 4.69) is 25.3 Å². The maximum atomic E-state index is 10.9. The number of fused-ring (bicyclic) bond motifs is 4. The molecular weight excluding hydrogens is 1120 g/mol. The van der Waals surface area contributed by atoms with Crippen LogP contribution in [0.3, 0.4) is 0 Å². The first-order chi connectivity index (χ1) is 40.2. The number of carbonyl (C=O) groups is 1. The summed E-state index contributed by atoms with van der Waals surface area (Å²) in [4.78, 5) is 26.4. The monoisotopic (exact) mass is 1180 g/mol. The van der Waals surface area contributed by atoms with E-state index in [4.69, 9.17) is 72.7 Å². The van der Waals surface area contributed by atoms with E-state index in [0.717, 1.165) is 72.9 Å². The molecule has 23 heteroatoms. The molecule has 4 fully saturated rings. The molecule has 0 amide bonds. The molecule has 6 heterocycles. The van der Waals surface area contributed by atoms with Gasteiger partial charge in [0.2, 0.25) is 0 Å². The number of halogens is 2. The Morgan fingerprint density at radius 2 is 0.916 bits per heavy atom. The zero-order valence-electron chi connectivity index (χ0n) is 44.7. The molecule has 12 rings (SSSR count). The second kappa shape index (κ2) is 26.2. The van der Waals surface area contributed by atoms with Gasteiger partial charge >= 0.3 is 0 Å². The first kappa shape index (κ1) is 59.7. The van der Waals surface area contributed by atoms with Gasteiger partial charge in [-0.25, -0.2) is 0 Å². The highest BCUT2D eigenvalue weighted by Crippen LogP contribution is 2.37.